The van der Waals surface area contributed by atoms with E-state index in [9.17, 15) is 21.6 Å². The fourth-order valence-corrected chi connectivity index (χ4v) is 10.2. The minimum Gasteiger partial charge on any atom is -0.480 e. The Kier molecular flexibility index (Phi) is 9.30. The van der Waals surface area contributed by atoms with Gasteiger partial charge < -0.3 is 4.74 Å². The molecule has 1 saturated heterocycles. The smallest absolute Gasteiger partial charge is 0.285 e. The van der Waals surface area contributed by atoms with Gasteiger partial charge in [0.25, 0.3) is 10.0 Å². The molecule has 0 spiro atoms. The second kappa shape index (κ2) is 12.1. The zero-order chi connectivity index (χ0) is 30.2. The number of alkyl halides is 2. The molecule has 0 amide bonds. The highest BCUT2D eigenvalue weighted by molar-refractivity contribution is 9.11. The highest BCUT2D eigenvalue weighted by Gasteiger charge is 2.74. The number of halogens is 2. The van der Waals surface area contributed by atoms with E-state index < -0.39 is 41.1 Å². The van der Waals surface area contributed by atoms with Crippen LogP contribution in [0.4, 0.5) is 0 Å². The summed E-state index contributed by atoms with van der Waals surface area (Å²) < 4.78 is 63.1. The predicted molar refractivity (Wildman–Crippen MR) is 166 cm³/mol. The average Bonchev–Trinajstić information content (AvgIpc) is 3.60. The summed E-state index contributed by atoms with van der Waals surface area (Å²) in [7, 11) is -8.44. The number of ether oxygens (including phenoxy) is 1. The molecule has 4 atom stereocenters. The van der Waals surface area contributed by atoms with Crippen molar-refractivity contribution in [3.63, 3.8) is 0 Å². The van der Waals surface area contributed by atoms with Crippen molar-refractivity contribution < 1.29 is 26.4 Å². The maximum atomic E-state index is 13.9. The van der Waals surface area contributed by atoms with Gasteiger partial charge in [-0.3, -0.25) is 4.79 Å². The number of carbonyl (C=O) groups excluding carboxylic acids is 1. The van der Waals surface area contributed by atoms with Crippen molar-refractivity contribution in [3.8, 4) is 0 Å². The molecular formula is C29H30Br2N2O6S2. The van der Waals surface area contributed by atoms with Crippen molar-refractivity contribution in [3.05, 3.63) is 95.1 Å². The quantitative estimate of drug-likeness (QED) is 0.0653. The van der Waals surface area contributed by atoms with Crippen molar-refractivity contribution in [2.75, 3.05) is 6.61 Å². The minimum absolute atomic E-state index is 0.00886. The van der Waals surface area contributed by atoms with E-state index in [1.807, 2.05) is 32.9 Å². The van der Waals surface area contributed by atoms with Gasteiger partial charge in [0.1, 0.15) is 4.83 Å². The summed E-state index contributed by atoms with van der Waals surface area (Å²) in [5.74, 6) is -0.764. The monoisotopic (exact) mass is 724 g/mol. The molecule has 0 aliphatic carbocycles. The number of hydrogen-bond acceptors (Lipinski definition) is 6. The van der Waals surface area contributed by atoms with Crippen LogP contribution in [0.3, 0.4) is 0 Å². The van der Waals surface area contributed by atoms with Gasteiger partial charge in [-0.25, -0.2) is 8.42 Å². The Labute approximate surface area is 258 Å². The summed E-state index contributed by atoms with van der Waals surface area (Å²) in [6.45, 7) is 7.37. The first kappa shape index (κ1) is 31.6. The highest BCUT2D eigenvalue weighted by Crippen LogP contribution is 2.56. The summed E-state index contributed by atoms with van der Waals surface area (Å²) in [4.78, 5) is 12.8. The normalized spacial score (nSPS) is 21.8. The molecule has 0 saturated carbocycles. The molecule has 1 unspecified atom stereocenters. The van der Waals surface area contributed by atoms with Crippen LogP contribution in [0.2, 0.25) is 0 Å². The number of aryl methyl sites for hydroxylation is 3. The van der Waals surface area contributed by atoms with E-state index in [4.69, 9.17) is 4.74 Å². The lowest BCUT2D eigenvalue weighted by molar-refractivity contribution is 0.0971. The van der Waals surface area contributed by atoms with Gasteiger partial charge in [0.15, 0.2) is 10.2 Å². The molecule has 0 N–H and O–H groups in total. The molecule has 0 radical (unpaired) electrons. The Morgan fingerprint density at radius 2 is 1.41 bits per heavy atom. The number of ketones is 1. The van der Waals surface area contributed by atoms with Crippen molar-refractivity contribution in [1.82, 2.24) is 4.31 Å². The van der Waals surface area contributed by atoms with Crippen LogP contribution in [0, 0.1) is 13.8 Å². The van der Waals surface area contributed by atoms with Crippen LogP contribution in [-0.4, -0.2) is 54.7 Å². The Balaban J connectivity index is 1.81. The Morgan fingerprint density at radius 1 is 0.902 bits per heavy atom. The van der Waals surface area contributed by atoms with Gasteiger partial charge in [0.05, 0.1) is 22.4 Å². The Morgan fingerprint density at radius 3 is 1.90 bits per heavy atom. The van der Waals surface area contributed by atoms with Gasteiger partial charge in [-0.05, 0) is 57.0 Å². The number of sulfonamides is 2. The van der Waals surface area contributed by atoms with Crippen molar-refractivity contribution in [1.29, 1.82) is 0 Å². The number of Topliss-reactive ketones (excluding diaryl/α,β-unsaturated/α-hetero) is 1. The lowest BCUT2D eigenvalue weighted by atomic mass is 10.0. The van der Waals surface area contributed by atoms with Gasteiger partial charge in [0, 0.05) is 5.56 Å². The van der Waals surface area contributed by atoms with Gasteiger partial charge in [-0.1, -0.05) is 98.4 Å². The fraction of sp³-hybridized carbons (Fsp3) is 0.310. The predicted octanol–water partition coefficient (Wildman–Crippen LogP) is 5.80. The van der Waals surface area contributed by atoms with Gasteiger partial charge in [0.2, 0.25) is 15.9 Å². The molecule has 1 heterocycles. The third-order valence-corrected chi connectivity index (χ3v) is 12.3. The molecule has 218 valence electrons. The van der Waals surface area contributed by atoms with Crippen molar-refractivity contribution in [2.45, 2.75) is 59.2 Å². The number of nitrogens with zero attached hydrogens (tertiary/aromatic N) is 2. The number of rotatable bonds is 10. The molecule has 1 aliphatic heterocycles. The lowest BCUT2D eigenvalue weighted by Crippen LogP contribution is -2.31. The van der Waals surface area contributed by atoms with Crippen LogP contribution in [0.15, 0.2) is 87.0 Å². The van der Waals surface area contributed by atoms with E-state index in [1.165, 1.54) is 24.3 Å². The molecule has 3 aromatic carbocycles. The van der Waals surface area contributed by atoms with E-state index in [-0.39, 0.29) is 22.3 Å². The molecule has 0 aromatic heterocycles. The lowest BCUT2D eigenvalue weighted by Gasteiger charge is -2.14. The van der Waals surface area contributed by atoms with Crippen LogP contribution in [0.1, 0.15) is 40.9 Å². The summed E-state index contributed by atoms with van der Waals surface area (Å²) >= 11 is 6.92. The first-order valence-corrected chi connectivity index (χ1v) is 17.5. The van der Waals surface area contributed by atoms with Crippen LogP contribution < -0.4 is 0 Å². The van der Waals surface area contributed by atoms with E-state index in [0.717, 1.165) is 27.4 Å². The van der Waals surface area contributed by atoms with E-state index in [0.29, 0.717) is 5.56 Å². The molecule has 1 fully saturated rings. The van der Waals surface area contributed by atoms with Crippen LogP contribution in [0.5, 0.6) is 0 Å². The van der Waals surface area contributed by atoms with Crippen LogP contribution in [-0.2, 0) is 31.2 Å². The fourth-order valence-electron chi connectivity index (χ4n) is 4.38. The Bertz CT molecular complexity index is 1670. The molecule has 3 aromatic rings. The molecule has 4 rings (SSSR count). The number of benzene rings is 3. The molecule has 41 heavy (non-hydrogen) atoms. The van der Waals surface area contributed by atoms with Crippen LogP contribution >= 0.6 is 31.9 Å². The van der Waals surface area contributed by atoms with Crippen molar-refractivity contribution in [2.24, 2.45) is 4.40 Å². The van der Waals surface area contributed by atoms with Crippen LogP contribution in [0.25, 0.3) is 0 Å². The summed E-state index contributed by atoms with van der Waals surface area (Å²) in [5.41, 5.74) is 3.06. The van der Waals surface area contributed by atoms with Gasteiger partial charge >= 0.3 is 0 Å². The maximum Gasteiger partial charge on any atom is 0.285 e. The van der Waals surface area contributed by atoms with Gasteiger partial charge in [-0.2, -0.15) is 12.7 Å². The third-order valence-electron chi connectivity index (χ3n) is 6.75. The number of hydrogen-bond donors (Lipinski definition) is 0. The second-order valence-electron chi connectivity index (χ2n) is 9.66. The van der Waals surface area contributed by atoms with Crippen molar-refractivity contribution >= 4 is 63.6 Å². The first-order chi connectivity index (χ1) is 19.3. The largest absolute Gasteiger partial charge is 0.480 e. The molecular weight excluding hydrogens is 696 g/mol. The molecule has 1 aliphatic rings. The SMILES string of the molecule is CCO/C(=N\S(=O)(=O)c1ccc(C)cc1)[C@@H](Br)[C@@H]1N(S(=O)(=O)c2ccc(C)cc2)[C@@]1(Br)C(=O)c1ccc(CC)cc1. The molecule has 0 bridgehead atoms. The summed E-state index contributed by atoms with van der Waals surface area (Å²) in [6, 6.07) is 18.3. The third kappa shape index (κ3) is 6.22. The average molecular weight is 727 g/mol. The highest BCUT2D eigenvalue weighted by atomic mass is 79.9. The first-order valence-electron chi connectivity index (χ1n) is 12.9. The number of carbonyl (C=O) groups is 1. The minimum atomic E-state index is -4.22. The Hall–Kier alpha value is -2.38. The van der Waals surface area contributed by atoms with Gasteiger partial charge in [-0.15, -0.1) is 4.40 Å². The summed E-state index contributed by atoms with van der Waals surface area (Å²) in [5, 5.41) is 0. The van der Waals surface area contributed by atoms with E-state index in [2.05, 4.69) is 36.3 Å². The molecule has 8 nitrogen and oxygen atoms in total. The summed E-state index contributed by atoms with van der Waals surface area (Å²) in [6.07, 6.45) is 0.775. The second-order valence-corrected chi connectivity index (χ2v) is 15.3. The molecule has 12 heteroatoms. The zero-order valence-corrected chi connectivity index (χ0v) is 27.7. The zero-order valence-electron chi connectivity index (χ0n) is 22.9. The standard InChI is InChI=1S/C29H30Br2N2O6S2/c1-5-21-11-13-22(14-12-21)27(34)29(31)26(33(29)41(37,38)24-17-9-20(4)10-18-24)25(30)28(39-6-2)32-40(35,36)23-15-7-19(3)8-16-23/h7-18,25-26H,5-6H2,1-4H3/b32-28-/t25-,26-,29+,33?/m0/s1. The topological polar surface area (TPSA) is 110 Å². The van der Waals surface area contributed by atoms with E-state index in [1.54, 1.807) is 43.3 Å². The van der Waals surface area contributed by atoms with E-state index >= 15 is 0 Å². The maximum absolute atomic E-state index is 13.9.